The summed E-state index contributed by atoms with van der Waals surface area (Å²) in [6.07, 6.45) is 2.24. The molecule has 2 N–H and O–H groups in total. The molecule has 1 saturated carbocycles. The van der Waals surface area contributed by atoms with E-state index < -0.39 is 0 Å². The third-order valence-corrected chi connectivity index (χ3v) is 3.43. The van der Waals surface area contributed by atoms with Gasteiger partial charge in [0.25, 0.3) is 0 Å². The van der Waals surface area contributed by atoms with E-state index in [9.17, 15) is 0 Å². The van der Waals surface area contributed by atoms with Crippen molar-refractivity contribution in [2.24, 2.45) is 12.5 Å². The fourth-order valence-corrected chi connectivity index (χ4v) is 2.22. The normalized spacial score (nSPS) is 23.9. The quantitative estimate of drug-likeness (QED) is 0.781. The molecule has 0 radical (unpaired) electrons. The molecule has 0 spiro atoms. The predicted molar refractivity (Wildman–Crippen MR) is 58.1 cm³/mol. The molecule has 1 aromatic rings. The van der Waals surface area contributed by atoms with E-state index in [1.807, 2.05) is 7.05 Å². The summed E-state index contributed by atoms with van der Waals surface area (Å²) in [6, 6.07) is 0. The summed E-state index contributed by atoms with van der Waals surface area (Å²) in [5.74, 6) is 1.31. The van der Waals surface area contributed by atoms with Gasteiger partial charge < -0.3 is 10.3 Å². The van der Waals surface area contributed by atoms with Gasteiger partial charge in [0.2, 0.25) is 0 Å². The van der Waals surface area contributed by atoms with Crippen molar-refractivity contribution in [3.05, 3.63) is 11.4 Å². The molecule has 78 valence electrons. The van der Waals surface area contributed by atoms with Crippen LogP contribution in [0.4, 0.5) is 5.95 Å². The molecule has 2 rings (SSSR count). The van der Waals surface area contributed by atoms with Gasteiger partial charge in [-0.3, -0.25) is 0 Å². The van der Waals surface area contributed by atoms with Gasteiger partial charge in [-0.2, -0.15) is 0 Å². The first-order valence-electron chi connectivity index (χ1n) is 5.28. The SMILES string of the molecule is CCc1nc(N)n(C)c1C1CC1(C)C. The van der Waals surface area contributed by atoms with Crippen LogP contribution in [0.3, 0.4) is 0 Å². The van der Waals surface area contributed by atoms with Gasteiger partial charge in [-0.05, 0) is 18.3 Å². The van der Waals surface area contributed by atoms with Crippen molar-refractivity contribution in [3.63, 3.8) is 0 Å². The Morgan fingerprint density at radius 2 is 2.14 bits per heavy atom. The summed E-state index contributed by atoms with van der Waals surface area (Å²) in [4.78, 5) is 4.40. The summed E-state index contributed by atoms with van der Waals surface area (Å²) in [5, 5.41) is 0. The molecular formula is C11H19N3. The molecule has 0 aromatic carbocycles. The summed E-state index contributed by atoms with van der Waals surface area (Å²) < 4.78 is 2.05. The second kappa shape index (κ2) is 2.75. The van der Waals surface area contributed by atoms with Crippen LogP contribution in [0.25, 0.3) is 0 Å². The smallest absolute Gasteiger partial charge is 0.200 e. The van der Waals surface area contributed by atoms with Gasteiger partial charge in [0.15, 0.2) is 5.95 Å². The van der Waals surface area contributed by atoms with E-state index in [2.05, 4.69) is 30.3 Å². The lowest BCUT2D eigenvalue weighted by molar-refractivity contribution is 0.604. The second-order valence-corrected chi connectivity index (χ2v) is 4.96. The van der Waals surface area contributed by atoms with Gasteiger partial charge in [0, 0.05) is 18.7 Å². The number of aryl methyl sites for hydroxylation is 1. The lowest BCUT2D eigenvalue weighted by Crippen LogP contribution is -2.03. The minimum Gasteiger partial charge on any atom is -0.369 e. The van der Waals surface area contributed by atoms with Crippen molar-refractivity contribution in [1.29, 1.82) is 0 Å². The standard InChI is InChI=1S/C11H19N3/c1-5-8-9(7-6-11(7,2)3)14(4)10(12)13-8/h7H,5-6H2,1-4H3,(H2,12,13). The van der Waals surface area contributed by atoms with Crippen LogP contribution in [0.1, 0.15) is 44.5 Å². The molecule has 1 aromatic heterocycles. The first kappa shape index (κ1) is 9.56. The Morgan fingerprint density at radius 1 is 1.57 bits per heavy atom. The molecule has 0 amide bonds. The van der Waals surface area contributed by atoms with Crippen molar-refractivity contribution in [1.82, 2.24) is 9.55 Å². The molecule has 1 aliphatic rings. The van der Waals surface area contributed by atoms with Gasteiger partial charge in [-0.25, -0.2) is 4.98 Å². The number of imidazole rings is 1. The number of nitrogen functional groups attached to an aromatic ring is 1. The van der Waals surface area contributed by atoms with Crippen molar-refractivity contribution in [2.45, 2.75) is 39.5 Å². The lowest BCUT2D eigenvalue weighted by atomic mass is 10.1. The minimum absolute atomic E-state index is 0.449. The molecule has 1 fully saturated rings. The molecular weight excluding hydrogens is 174 g/mol. The van der Waals surface area contributed by atoms with Crippen molar-refractivity contribution in [3.8, 4) is 0 Å². The third-order valence-electron chi connectivity index (χ3n) is 3.43. The average Bonchev–Trinajstić information content (AvgIpc) is 2.62. The van der Waals surface area contributed by atoms with Gasteiger partial charge >= 0.3 is 0 Å². The number of hydrogen-bond acceptors (Lipinski definition) is 2. The number of rotatable bonds is 2. The van der Waals surface area contributed by atoms with Gasteiger partial charge in [-0.15, -0.1) is 0 Å². The molecule has 1 aliphatic carbocycles. The fourth-order valence-electron chi connectivity index (χ4n) is 2.22. The number of aromatic nitrogens is 2. The highest BCUT2D eigenvalue weighted by Gasteiger charge is 2.49. The molecule has 14 heavy (non-hydrogen) atoms. The highest BCUT2D eigenvalue weighted by atomic mass is 15.2. The van der Waals surface area contributed by atoms with Crippen LogP contribution in [0.5, 0.6) is 0 Å². The fraction of sp³-hybridized carbons (Fsp3) is 0.727. The first-order chi connectivity index (χ1) is 6.47. The van der Waals surface area contributed by atoms with Crippen molar-refractivity contribution >= 4 is 5.95 Å². The Morgan fingerprint density at radius 3 is 2.57 bits per heavy atom. The number of hydrogen-bond donors (Lipinski definition) is 1. The maximum absolute atomic E-state index is 5.82. The highest BCUT2D eigenvalue weighted by Crippen LogP contribution is 2.59. The molecule has 0 aliphatic heterocycles. The molecule has 3 heteroatoms. The van der Waals surface area contributed by atoms with Crippen LogP contribution in [0, 0.1) is 5.41 Å². The van der Waals surface area contributed by atoms with Gasteiger partial charge in [0.1, 0.15) is 0 Å². The summed E-state index contributed by atoms with van der Waals surface area (Å²) in [5.41, 5.74) is 8.81. The van der Waals surface area contributed by atoms with Crippen LogP contribution < -0.4 is 5.73 Å². The third kappa shape index (κ3) is 1.22. The lowest BCUT2D eigenvalue weighted by Gasteiger charge is -2.07. The van der Waals surface area contributed by atoms with Crippen LogP contribution in [-0.4, -0.2) is 9.55 Å². The van der Waals surface area contributed by atoms with E-state index in [4.69, 9.17) is 5.73 Å². The van der Waals surface area contributed by atoms with Crippen molar-refractivity contribution in [2.75, 3.05) is 5.73 Å². The van der Waals surface area contributed by atoms with Gasteiger partial charge in [0.05, 0.1) is 5.69 Å². The monoisotopic (exact) mass is 193 g/mol. The minimum atomic E-state index is 0.449. The maximum Gasteiger partial charge on any atom is 0.200 e. The largest absolute Gasteiger partial charge is 0.369 e. The van der Waals surface area contributed by atoms with E-state index in [0.29, 0.717) is 17.3 Å². The first-order valence-corrected chi connectivity index (χ1v) is 5.28. The Balaban J connectivity index is 2.42. The summed E-state index contributed by atoms with van der Waals surface area (Å²) in [6.45, 7) is 6.75. The topological polar surface area (TPSA) is 43.8 Å². The average molecular weight is 193 g/mol. The van der Waals surface area contributed by atoms with E-state index in [1.165, 1.54) is 17.8 Å². The van der Waals surface area contributed by atoms with Crippen LogP contribution in [0.2, 0.25) is 0 Å². The van der Waals surface area contributed by atoms with Crippen LogP contribution in [0.15, 0.2) is 0 Å². The Labute approximate surface area is 85.3 Å². The molecule has 1 heterocycles. The zero-order valence-electron chi connectivity index (χ0n) is 9.46. The van der Waals surface area contributed by atoms with E-state index >= 15 is 0 Å². The molecule has 0 saturated heterocycles. The number of nitrogens with two attached hydrogens (primary N) is 1. The maximum atomic E-state index is 5.82. The molecule has 3 nitrogen and oxygen atoms in total. The van der Waals surface area contributed by atoms with E-state index in [0.717, 1.165) is 6.42 Å². The zero-order valence-corrected chi connectivity index (χ0v) is 9.46. The van der Waals surface area contributed by atoms with Crippen LogP contribution in [-0.2, 0) is 13.5 Å². The van der Waals surface area contributed by atoms with E-state index in [1.54, 1.807) is 0 Å². The van der Waals surface area contributed by atoms with E-state index in [-0.39, 0.29) is 0 Å². The second-order valence-electron chi connectivity index (χ2n) is 4.96. The number of anilines is 1. The van der Waals surface area contributed by atoms with Gasteiger partial charge in [-0.1, -0.05) is 20.8 Å². The summed E-state index contributed by atoms with van der Waals surface area (Å²) >= 11 is 0. The zero-order chi connectivity index (χ0) is 10.5. The number of nitrogens with zero attached hydrogens (tertiary/aromatic N) is 2. The molecule has 1 atom stereocenters. The molecule has 1 unspecified atom stereocenters. The van der Waals surface area contributed by atoms with Crippen LogP contribution >= 0.6 is 0 Å². The van der Waals surface area contributed by atoms with Crippen molar-refractivity contribution < 1.29 is 0 Å². The highest BCUT2D eigenvalue weighted by molar-refractivity contribution is 5.35. The Kier molecular flexibility index (Phi) is 1.88. The Bertz CT molecular complexity index is 363. The molecule has 0 bridgehead atoms. The Hall–Kier alpha value is -0.990. The predicted octanol–water partition coefficient (Wildman–Crippen LogP) is 2.08. The summed E-state index contributed by atoms with van der Waals surface area (Å²) in [7, 11) is 2.02.